The Morgan fingerprint density at radius 1 is 1.04 bits per heavy atom. The number of carbonyl (C=O) groups excluding carboxylic acids is 1. The molecule has 0 saturated heterocycles. The summed E-state index contributed by atoms with van der Waals surface area (Å²) < 4.78 is 3.26. The molecule has 6 heteroatoms. The van der Waals surface area contributed by atoms with E-state index in [2.05, 4.69) is 10.4 Å². The van der Waals surface area contributed by atoms with Gasteiger partial charge in [0.25, 0.3) is 5.56 Å². The van der Waals surface area contributed by atoms with Crippen LogP contribution in [0.1, 0.15) is 6.42 Å². The Morgan fingerprint density at radius 3 is 2.57 bits per heavy atom. The van der Waals surface area contributed by atoms with Gasteiger partial charge in [-0.25, -0.2) is 4.68 Å². The molecule has 0 unspecified atom stereocenters. The average molecular weight is 308 g/mol. The standard InChI is InChI=1S/C17H16N4O2/c22-16(9-13-20-11-2-1-4-17(20)23)19-14-5-7-15(8-6-14)21-12-3-10-18-21/h1-8,10-12H,9,13H2,(H,19,22). The molecule has 0 aliphatic heterocycles. The van der Waals surface area contributed by atoms with Crippen molar-refractivity contribution in [2.75, 3.05) is 5.32 Å². The monoisotopic (exact) mass is 308 g/mol. The molecular weight excluding hydrogens is 292 g/mol. The molecule has 23 heavy (non-hydrogen) atoms. The SMILES string of the molecule is O=C(CCn1ccccc1=O)Nc1ccc(-n2cccn2)cc1. The predicted octanol–water partition coefficient (Wildman–Crippen LogP) is 2.06. The van der Waals surface area contributed by atoms with Gasteiger partial charge in [-0.15, -0.1) is 0 Å². The number of benzene rings is 1. The van der Waals surface area contributed by atoms with Crippen LogP contribution in [0.2, 0.25) is 0 Å². The van der Waals surface area contributed by atoms with E-state index in [1.165, 1.54) is 10.6 Å². The zero-order valence-corrected chi connectivity index (χ0v) is 12.4. The summed E-state index contributed by atoms with van der Waals surface area (Å²) in [6.07, 6.45) is 5.48. The maximum Gasteiger partial charge on any atom is 0.250 e. The summed E-state index contributed by atoms with van der Waals surface area (Å²) in [5.74, 6) is -0.132. The summed E-state index contributed by atoms with van der Waals surface area (Å²) in [6.45, 7) is 0.358. The summed E-state index contributed by atoms with van der Waals surface area (Å²) >= 11 is 0. The van der Waals surface area contributed by atoms with Gasteiger partial charge < -0.3 is 9.88 Å². The first kappa shape index (κ1) is 14.8. The minimum absolute atomic E-state index is 0.108. The first-order valence-corrected chi connectivity index (χ1v) is 7.28. The van der Waals surface area contributed by atoms with Crippen molar-refractivity contribution < 1.29 is 4.79 Å². The lowest BCUT2D eigenvalue weighted by molar-refractivity contribution is -0.116. The van der Waals surface area contributed by atoms with Crippen LogP contribution in [0.15, 0.2) is 71.9 Å². The molecule has 2 aromatic heterocycles. The first-order chi connectivity index (χ1) is 11.2. The van der Waals surface area contributed by atoms with Gasteiger partial charge in [-0.2, -0.15) is 5.10 Å². The van der Waals surface area contributed by atoms with Crippen molar-refractivity contribution in [3.63, 3.8) is 0 Å². The van der Waals surface area contributed by atoms with E-state index in [1.807, 2.05) is 36.5 Å². The molecule has 1 N–H and O–H groups in total. The van der Waals surface area contributed by atoms with Gasteiger partial charge in [-0.1, -0.05) is 6.07 Å². The van der Waals surface area contributed by atoms with Crippen molar-refractivity contribution >= 4 is 11.6 Å². The summed E-state index contributed by atoms with van der Waals surface area (Å²) in [5.41, 5.74) is 1.53. The number of aromatic nitrogens is 3. The maximum atomic E-state index is 12.0. The van der Waals surface area contributed by atoms with Crippen LogP contribution in [-0.4, -0.2) is 20.3 Å². The van der Waals surface area contributed by atoms with Crippen LogP contribution in [0, 0.1) is 0 Å². The van der Waals surface area contributed by atoms with Gasteiger partial charge in [-0.05, 0) is 36.4 Å². The molecular formula is C17H16N4O2. The second-order valence-corrected chi connectivity index (χ2v) is 5.03. The van der Waals surface area contributed by atoms with Crippen molar-refractivity contribution in [2.24, 2.45) is 0 Å². The maximum absolute atomic E-state index is 12.0. The largest absolute Gasteiger partial charge is 0.326 e. The highest BCUT2D eigenvalue weighted by atomic mass is 16.1. The highest BCUT2D eigenvalue weighted by molar-refractivity contribution is 5.90. The van der Waals surface area contributed by atoms with Gasteiger partial charge in [0.1, 0.15) is 0 Å². The molecule has 3 aromatic rings. The van der Waals surface area contributed by atoms with Gasteiger partial charge >= 0.3 is 0 Å². The Bertz CT molecular complexity index is 836. The van der Waals surface area contributed by atoms with E-state index >= 15 is 0 Å². The van der Waals surface area contributed by atoms with Crippen LogP contribution < -0.4 is 10.9 Å². The molecule has 0 bridgehead atoms. The number of aryl methyl sites for hydroxylation is 1. The van der Waals surface area contributed by atoms with Gasteiger partial charge in [0.05, 0.1) is 5.69 Å². The molecule has 116 valence electrons. The zero-order chi connectivity index (χ0) is 16.1. The Hall–Kier alpha value is -3.15. The summed E-state index contributed by atoms with van der Waals surface area (Å²) in [5, 5.41) is 6.97. The van der Waals surface area contributed by atoms with Crippen LogP contribution in [0.3, 0.4) is 0 Å². The minimum Gasteiger partial charge on any atom is -0.326 e. The number of nitrogens with one attached hydrogen (secondary N) is 1. The van der Waals surface area contributed by atoms with Gasteiger partial charge in [0.15, 0.2) is 0 Å². The fraction of sp³-hybridized carbons (Fsp3) is 0.118. The molecule has 0 spiro atoms. The van der Waals surface area contributed by atoms with Gasteiger partial charge in [-0.3, -0.25) is 9.59 Å². The number of hydrogen-bond donors (Lipinski definition) is 1. The lowest BCUT2D eigenvalue weighted by Crippen LogP contribution is -2.21. The Morgan fingerprint density at radius 2 is 1.87 bits per heavy atom. The van der Waals surface area contributed by atoms with Crippen LogP contribution >= 0.6 is 0 Å². The van der Waals surface area contributed by atoms with Crippen molar-refractivity contribution in [3.8, 4) is 5.69 Å². The topological polar surface area (TPSA) is 68.9 Å². The van der Waals surface area contributed by atoms with E-state index in [0.29, 0.717) is 12.2 Å². The Kier molecular flexibility index (Phi) is 4.33. The second-order valence-electron chi connectivity index (χ2n) is 5.03. The third kappa shape index (κ3) is 3.74. The quantitative estimate of drug-likeness (QED) is 0.784. The lowest BCUT2D eigenvalue weighted by atomic mass is 10.2. The van der Waals surface area contributed by atoms with Crippen LogP contribution in [0.25, 0.3) is 5.69 Å². The molecule has 1 amide bonds. The number of pyridine rings is 1. The second kappa shape index (κ2) is 6.74. The third-order valence-corrected chi connectivity index (χ3v) is 3.40. The number of carbonyl (C=O) groups is 1. The fourth-order valence-corrected chi connectivity index (χ4v) is 2.21. The van der Waals surface area contributed by atoms with E-state index in [-0.39, 0.29) is 17.9 Å². The van der Waals surface area contributed by atoms with Crippen molar-refractivity contribution in [2.45, 2.75) is 13.0 Å². The minimum atomic E-state index is -0.132. The number of amides is 1. The molecule has 1 aromatic carbocycles. The van der Waals surface area contributed by atoms with E-state index in [9.17, 15) is 9.59 Å². The Labute approximate surface area is 133 Å². The Balaban J connectivity index is 1.58. The highest BCUT2D eigenvalue weighted by Crippen LogP contribution is 2.12. The number of nitrogens with zero attached hydrogens (tertiary/aromatic N) is 3. The van der Waals surface area contributed by atoms with Crippen LogP contribution in [0.5, 0.6) is 0 Å². The summed E-state index contributed by atoms with van der Waals surface area (Å²) in [7, 11) is 0. The van der Waals surface area contributed by atoms with Crippen molar-refractivity contribution in [3.05, 3.63) is 77.5 Å². The van der Waals surface area contributed by atoms with Crippen molar-refractivity contribution in [1.29, 1.82) is 0 Å². The molecule has 6 nitrogen and oxygen atoms in total. The highest BCUT2D eigenvalue weighted by Gasteiger charge is 2.04. The van der Waals surface area contributed by atoms with E-state index in [0.717, 1.165) is 5.69 Å². The first-order valence-electron chi connectivity index (χ1n) is 7.28. The summed E-state index contributed by atoms with van der Waals surface area (Å²) in [4.78, 5) is 23.5. The van der Waals surface area contributed by atoms with Gasteiger partial charge in [0, 0.05) is 43.3 Å². The predicted molar refractivity (Wildman–Crippen MR) is 87.5 cm³/mol. The molecule has 0 saturated carbocycles. The molecule has 0 radical (unpaired) electrons. The number of anilines is 1. The van der Waals surface area contributed by atoms with E-state index in [1.54, 1.807) is 29.2 Å². The molecule has 2 heterocycles. The fourth-order valence-electron chi connectivity index (χ4n) is 2.21. The smallest absolute Gasteiger partial charge is 0.250 e. The van der Waals surface area contributed by atoms with Crippen LogP contribution in [-0.2, 0) is 11.3 Å². The molecule has 0 fully saturated rings. The van der Waals surface area contributed by atoms with E-state index in [4.69, 9.17) is 0 Å². The van der Waals surface area contributed by atoms with Gasteiger partial charge in [0.2, 0.25) is 5.91 Å². The molecule has 3 rings (SSSR count). The normalized spacial score (nSPS) is 10.4. The third-order valence-electron chi connectivity index (χ3n) is 3.40. The zero-order valence-electron chi connectivity index (χ0n) is 12.4. The van der Waals surface area contributed by atoms with E-state index < -0.39 is 0 Å². The van der Waals surface area contributed by atoms with Crippen LogP contribution in [0.4, 0.5) is 5.69 Å². The lowest BCUT2D eigenvalue weighted by Gasteiger charge is -2.08. The number of hydrogen-bond acceptors (Lipinski definition) is 3. The summed E-state index contributed by atoms with van der Waals surface area (Å²) in [6, 6.07) is 14.2. The number of rotatable bonds is 5. The van der Waals surface area contributed by atoms with Crippen molar-refractivity contribution in [1.82, 2.24) is 14.3 Å². The molecule has 0 aliphatic carbocycles. The molecule has 0 atom stereocenters. The average Bonchev–Trinajstić information content (AvgIpc) is 3.09. The molecule has 0 aliphatic rings.